The summed E-state index contributed by atoms with van der Waals surface area (Å²) in [5.74, 6) is -0.152. The molecular weight excluding hydrogens is 671 g/mol. The Balaban J connectivity index is 0. The molecule has 0 bridgehead atoms. The van der Waals surface area contributed by atoms with E-state index in [-0.39, 0.29) is 0 Å². The molecule has 0 heterocycles. The van der Waals surface area contributed by atoms with Crippen LogP contribution in [0.4, 0.5) is 14.4 Å². The number of carbonyl (C=O) groups excluding carboxylic acids is 5. The molecular formula is C30H56N4O11Se. The molecule has 0 aliphatic carbocycles. The van der Waals surface area contributed by atoms with Crippen molar-refractivity contribution in [3.63, 3.8) is 0 Å². The van der Waals surface area contributed by atoms with Gasteiger partial charge in [0.15, 0.2) is 0 Å². The third-order valence-electron chi connectivity index (χ3n) is 5.12. The van der Waals surface area contributed by atoms with E-state index in [9.17, 15) is 28.8 Å². The van der Waals surface area contributed by atoms with Gasteiger partial charge in [0.2, 0.25) is 0 Å². The maximum atomic E-state index is 11.9. The van der Waals surface area contributed by atoms with Crippen molar-refractivity contribution in [2.45, 2.75) is 141 Å². The number of nitrogens with one attached hydrogen (secondary N) is 4. The Labute approximate surface area is 279 Å². The number of ether oxygens (including phenoxy) is 4. The van der Waals surface area contributed by atoms with Crippen LogP contribution >= 0.6 is 0 Å². The van der Waals surface area contributed by atoms with Gasteiger partial charge in [0.05, 0.1) is 7.11 Å². The third-order valence-corrected chi connectivity index (χ3v) is 6.47. The molecule has 0 aliphatic heterocycles. The zero-order valence-corrected chi connectivity index (χ0v) is 31.1. The molecule has 0 fully saturated rings. The Hall–Kier alpha value is -3.26. The summed E-state index contributed by atoms with van der Waals surface area (Å²) in [6.07, 6.45) is 0.125. The number of aliphatic carboxylic acids is 1. The molecule has 0 aromatic rings. The molecule has 268 valence electrons. The van der Waals surface area contributed by atoms with E-state index in [2.05, 4.69) is 21.3 Å². The van der Waals surface area contributed by atoms with Crippen LogP contribution in [0.2, 0.25) is 11.1 Å². The van der Waals surface area contributed by atoms with E-state index in [1.165, 1.54) is 14.0 Å². The summed E-state index contributed by atoms with van der Waals surface area (Å²) < 4.78 is 20.0. The van der Waals surface area contributed by atoms with Crippen LogP contribution < -0.4 is 21.3 Å². The van der Waals surface area contributed by atoms with Crippen molar-refractivity contribution in [1.82, 2.24) is 21.3 Å². The van der Waals surface area contributed by atoms with Gasteiger partial charge in [0.1, 0.15) is 17.2 Å². The molecule has 0 spiro atoms. The van der Waals surface area contributed by atoms with Crippen LogP contribution in [0.3, 0.4) is 0 Å². The van der Waals surface area contributed by atoms with Crippen LogP contribution in [0.1, 0.15) is 94.9 Å². The number of methoxy groups -OCH3 is 1. The van der Waals surface area contributed by atoms with Gasteiger partial charge in [-0.15, -0.1) is 0 Å². The number of amides is 4. The first-order valence-electron chi connectivity index (χ1n) is 15.0. The van der Waals surface area contributed by atoms with E-state index in [0.29, 0.717) is 47.2 Å². The molecule has 0 aliphatic rings. The van der Waals surface area contributed by atoms with Crippen LogP contribution in [-0.2, 0) is 33.3 Å². The summed E-state index contributed by atoms with van der Waals surface area (Å²) in [5, 5.41) is 19.7. The van der Waals surface area contributed by atoms with E-state index in [0.717, 1.165) is 5.32 Å². The topological polar surface area (TPSA) is 208 Å². The molecule has 5 N–H and O–H groups in total. The van der Waals surface area contributed by atoms with Crippen molar-refractivity contribution >= 4 is 51.1 Å². The second kappa shape index (κ2) is 21.5. The van der Waals surface area contributed by atoms with Crippen LogP contribution in [0.25, 0.3) is 0 Å². The minimum atomic E-state index is -1.07. The van der Waals surface area contributed by atoms with Crippen LogP contribution in [0.15, 0.2) is 0 Å². The fourth-order valence-corrected chi connectivity index (χ4v) is 4.15. The Morgan fingerprint density at radius 2 is 1.17 bits per heavy atom. The van der Waals surface area contributed by atoms with E-state index < -0.39 is 71.1 Å². The fraction of sp³-hybridized carbons (Fsp3) is 0.800. The minimum absolute atomic E-state index is 0.346. The number of alkyl carbamates (subject to hydrolysis) is 3. The Morgan fingerprint density at radius 3 is 1.61 bits per heavy atom. The maximum absolute atomic E-state index is 11.9. The fourth-order valence-electron chi connectivity index (χ4n) is 3.16. The Kier molecular flexibility index (Phi) is 21.0. The van der Waals surface area contributed by atoms with Gasteiger partial charge in [-0.1, -0.05) is 0 Å². The van der Waals surface area contributed by atoms with E-state index in [4.69, 9.17) is 24.1 Å². The molecule has 3 atom stereocenters. The van der Waals surface area contributed by atoms with Crippen LogP contribution in [-0.4, -0.2) is 105 Å². The number of carboxylic acid groups (broad SMARTS) is 1. The van der Waals surface area contributed by atoms with E-state index >= 15 is 0 Å². The average Bonchev–Trinajstić information content (AvgIpc) is 2.86. The van der Waals surface area contributed by atoms with Gasteiger partial charge in [-0.25, -0.2) is 14.4 Å². The monoisotopic (exact) mass is 728 g/mol. The van der Waals surface area contributed by atoms with E-state index in [1.54, 1.807) is 62.3 Å². The summed E-state index contributed by atoms with van der Waals surface area (Å²) in [4.78, 5) is 69.5. The Bertz CT molecular complexity index is 989. The first kappa shape index (κ1) is 44.9. The number of carbonyl (C=O) groups is 6. The number of hydrogen-bond acceptors (Lipinski definition) is 10. The predicted octanol–water partition coefficient (Wildman–Crippen LogP) is 3.78. The number of esters is 1. The van der Waals surface area contributed by atoms with Crippen molar-refractivity contribution in [3.05, 3.63) is 0 Å². The van der Waals surface area contributed by atoms with Crippen molar-refractivity contribution in [2.75, 3.05) is 13.7 Å². The summed E-state index contributed by atoms with van der Waals surface area (Å²) >= 11 is 0.346. The van der Waals surface area contributed by atoms with Crippen molar-refractivity contribution in [3.8, 4) is 0 Å². The number of unbranched alkanes of at least 4 members (excludes halogenated alkanes) is 1. The van der Waals surface area contributed by atoms with Gasteiger partial charge in [0, 0.05) is 6.54 Å². The van der Waals surface area contributed by atoms with Gasteiger partial charge in [-0.2, -0.15) is 0 Å². The van der Waals surface area contributed by atoms with Crippen molar-refractivity contribution < 1.29 is 52.8 Å². The van der Waals surface area contributed by atoms with Crippen molar-refractivity contribution in [2.24, 2.45) is 0 Å². The molecule has 0 aromatic carbocycles. The van der Waals surface area contributed by atoms with Crippen molar-refractivity contribution in [1.29, 1.82) is 0 Å². The number of hydrogen-bond donors (Lipinski definition) is 5. The molecule has 15 nitrogen and oxygen atoms in total. The summed E-state index contributed by atoms with van der Waals surface area (Å²) in [6, 6.07) is -2.59. The zero-order chi connectivity index (χ0) is 36.3. The quantitative estimate of drug-likeness (QED) is 0.0753. The predicted molar refractivity (Wildman–Crippen MR) is 173 cm³/mol. The first-order chi connectivity index (χ1) is 20.9. The first-order valence-corrected chi connectivity index (χ1v) is 17.9. The average molecular weight is 728 g/mol. The Morgan fingerprint density at radius 1 is 0.696 bits per heavy atom. The summed E-state index contributed by atoms with van der Waals surface area (Å²) in [5.41, 5.74) is -1.85. The molecule has 0 saturated heterocycles. The van der Waals surface area contributed by atoms with E-state index in [1.807, 2.05) is 5.82 Å². The van der Waals surface area contributed by atoms with Crippen LogP contribution in [0.5, 0.6) is 0 Å². The molecule has 46 heavy (non-hydrogen) atoms. The molecule has 16 heteroatoms. The summed E-state index contributed by atoms with van der Waals surface area (Å²) in [7, 11) is 1.26. The molecule has 0 radical (unpaired) electrons. The second-order valence-electron chi connectivity index (χ2n) is 13.2. The second-order valence-corrected chi connectivity index (χ2v) is 15.3. The SMILES string of the molecule is COC(=O)C(CCCCNC(=O)OC(C)(C)C)NC(=O)OC(C)(C)C.C[Se]CCC(NC(=O)C(C)NC(=O)OC(C)(C)C)C(=O)O. The van der Waals surface area contributed by atoms with Gasteiger partial charge in [-0.05, 0) is 60.8 Å². The molecule has 0 saturated carbocycles. The zero-order valence-electron chi connectivity index (χ0n) is 29.4. The summed E-state index contributed by atoms with van der Waals surface area (Å²) in [6.45, 7) is 17.6. The molecule has 0 rings (SSSR count). The number of carboxylic acids is 1. The molecule has 3 unspecified atom stereocenters. The standard InChI is InChI=1S/C17H32N2O6.C13H24N2O5Se/c1-16(2,3)24-14(21)18-11-9-8-10-12(13(20)23-7)19-15(22)25-17(4,5)6;1-8(14-12(19)20-13(2,3)4)10(16)15-9(11(17)18)6-7-21-5/h12H,8-11H2,1-7H3,(H,18,21)(H,19,22);8-9H,6-7H2,1-5H3,(H,14,19)(H,15,16)(H,17,18). The molecule has 4 amide bonds. The van der Waals surface area contributed by atoms with Gasteiger partial charge in [-0.3, -0.25) is 0 Å². The van der Waals surface area contributed by atoms with Gasteiger partial charge in [0.25, 0.3) is 0 Å². The van der Waals surface area contributed by atoms with Crippen LogP contribution in [0, 0.1) is 0 Å². The number of rotatable bonds is 14. The normalized spacial score (nSPS) is 13.3. The van der Waals surface area contributed by atoms with Gasteiger partial charge >= 0.3 is 149 Å². The third kappa shape index (κ3) is 26.0. The van der Waals surface area contributed by atoms with Gasteiger partial charge < -0.3 is 24.8 Å². The molecule has 0 aromatic heterocycles.